The number of hydrogen-bond donors (Lipinski definition) is 1. The summed E-state index contributed by atoms with van der Waals surface area (Å²) in [5.74, 6) is -0.328. The summed E-state index contributed by atoms with van der Waals surface area (Å²) >= 11 is 3.19. The van der Waals surface area contributed by atoms with Crippen molar-refractivity contribution in [1.29, 1.82) is 0 Å². The minimum absolute atomic E-state index is 0.0151. The highest BCUT2D eigenvalue weighted by molar-refractivity contribution is 9.10. The molecular weight excluding hydrogens is 276 g/mol. The zero-order chi connectivity index (χ0) is 12.3. The second-order valence-electron chi connectivity index (χ2n) is 3.55. The van der Waals surface area contributed by atoms with E-state index in [4.69, 9.17) is 0 Å². The van der Waals surface area contributed by atoms with Gasteiger partial charge in [-0.1, -0.05) is 0 Å². The second kappa shape index (κ2) is 5.07. The predicted molar refractivity (Wildman–Crippen MR) is 63.4 cm³/mol. The highest BCUT2D eigenvalue weighted by atomic mass is 79.9. The van der Waals surface area contributed by atoms with Crippen LogP contribution in [0.5, 0.6) is 0 Å². The largest absolute Gasteiger partial charge is 0.350 e. The minimum Gasteiger partial charge on any atom is -0.350 e. The van der Waals surface area contributed by atoms with Gasteiger partial charge in [0, 0.05) is 22.6 Å². The summed E-state index contributed by atoms with van der Waals surface area (Å²) in [6, 6.07) is 4.07. The van der Waals surface area contributed by atoms with E-state index in [0.717, 1.165) is 0 Å². The van der Waals surface area contributed by atoms with Crippen LogP contribution in [-0.4, -0.2) is 16.9 Å². The third-order valence-electron chi connectivity index (χ3n) is 1.83. The summed E-state index contributed by atoms with van der Waals surface area (Å²) < 4.78 is 0.538. The molecule has 0 spiro atoms. The molecule has 6 heteroatoms. The van der Waals surface area contributed by atoms with Crippen LogP contribution >= 0.6 is 15.9 Å². The van der Waals surface area contributed by atoms with Crippen molar-refractivity contribution < 1.29 is 9.72 Å². The topological polar surface area (TPSA) is 72.2 Å². The first kappa shape index (κ1) is 12.6. The van der Waals surface area contributed by atoms with Crippen molar-refractivity contribution in [2.24, 2.45) is 0 Å². The van der Waals surface area contributed by atoms with Crippen molar-refractivity contribution in [2.75, 3.05) is 0 Å². The molecule has 0 atom stereocenters. The molecule has 0 aliphatic carbocycles. The lowest BCUT2D eigenvalue weighted by atomic mass is 10.2. The number of carbonyl (C=O) groups excluding carboxylic acids is 1. The van der Waals surface area contributed by atoms with Crippen molar-refractivity contribution in [3.05, 3.63) is 38.3 Å². The summed E-state index contributed by atoms with van der Waals surface area (Å²) in [5, 5.41) is 13.2. The summed E-state index contributed by atoms with van der Waals surface area (Å²) in [6.45, 7) is 3.65. The van der Waals surface area contributed by atoms with Gasteiger partial charge in [-0.05, 0) is 35.8 Å². The Kier molecular flexibility index (Phi) is 4.00. The molecule has 86 valence electrons. The number of halogens is 1. The summed E-state index contributed by atoms with van der Waals surface area (Å²) in [7, 11) is 0. The number of benzene rings is 1. The molecule has 0 fully saturated rings. The van der Waals surface area contributed by atoms with Crippen LogP contribution in [0.15, 0.2) is 22.7 Å². The molecule has 1 N–H and O–H groups in total. The van der Waals surface area contributed by atoms with Gasteiger partial charge >= 0.3 is 0 Å². The molecule has 1 aromatic rings. The molecule has 1 rings (SSSR count). The quantitative estimate of drug-likeness (QED) is 0.685. The third kappa shape index (κ3) is 3.03. The van der Waals surface area contributed by atoms with Gasteiger partial charge in [0.05, 0.1) is 10.5 Å². The number of nitro groups is 1. The number of non-ortho nitro benzene ring substituents is 1. The van der Waals surface area contributed by atoms with E-state index in [9.17, 15) is 14.9 Å². The van der Waals surface area contributed by atoms with Crippen LogP contribution in [-0.2, 0) is 0 Å². The normalized spacial score (nSPS) is 10.2. The Hall–Kier alpha value is -1.43. The first-order valence-corrected chi connectivity index (χ1v) is 5.46. The average Bonchev–Trinajstić information content (AvgIpc) is 2.16. The fourth-order valence-electron chi connectivity index (χ4n) is 1.14. The number of carbonyl (C=O) groups is 1. The lowest BCUT2D eigenvalue weighted by Crippen LogP contribution is -2.30. The Labute approximate surface area is 101 Å². The molecule has 0 radical (unpaired) electrons. The van der Waals surface area contributed by atoms with Crippen molar-refractivity contribution in [1.82, 2.24) is 5.32 Å². The molecule has 0 saturated carbocycles. The highest BCUT2D eigenvalue weighted by Gasteiger charge is 2.15. The maximum atomic E-state index is 11.7. The molecule has 0 aliphatic heterocycles. The summed E-state index contributed by atoms with van der Waals surface area (Å²) in [4.78, 5) is 21.7. The van der Waals surface area contributed by atoms with Gasteiger partial charge in [0.2, 0.25) is 0 Å². The molecule has 0 heterocycles. The fourth-order valence-corrected chi connectivity index (χ4v) is 1.57. The highest BCUT2D eigenvalue weighted by Crippen LogP contribution is 2.22. The zero-order valence-electron chi connectivity index (χ0n) is 8.86. The van der Waals surface area contributed by atoms with Crippen LogP contribution < -0.4 is 5.32 Å². The standard InChI is InChI=1S/C10H11BrN2O3/c1-6(2)12-10(14)8-5-7(13(15)16)3-4-9(8)11/h3-6H,1-2H3,(H,12,14). The van der Waals surface area contributed by atoms with Gasteiger partial charge in [0.1, 0.15) is 0 Å². The number of nitro benzene ring substituents is 1. The minimum atomic E-state index is -0.529. The molecule has 0 aliphatic rings. The smallest absolute Gasteiger partial charge is 0.270 e. The van der Waals surface area contributed by atoms with Crippen LogP contribution in [0.25, 0.3) is 0 Å². The van der Waals surface area contributed by atoms with Crippen LogP contribution in [0.2, 0.25) is 0 Å². The van der Waals surface area contributed by atoms with Crippen LogP contribution in [0.4, 0.5) is 5.69 Å². The van der Waals surface area contributed by atoms with Gasteiger partial charge in [-0.25, -0.2) is 0 Å². The van der Waals surface area contributed by atoms with Crippen molar-refractivity contribution in [3.63, 3.8) is 0 Å². The van der Waals surface area contributed by atoms with E-state index in [1.54, 1.807) is 0 Å². The molecule has 1 aromatic carbocycles. The number of nitrogens with zero attached hydrogens (tertiary/aromatic N) is 1. The number of nitrogens with one attached hydrogen (secondary N) is 1. The fraction of sp³-hybridized carbons (Fsp3) is 0.300. The molecule has 16 heavy (non-hydrogen) atoms. The van der Waals surface area contributed by atoms with Crippen LogP contribution in [0, 0.1) is 10.1 Å². The third-order valence-corrected chi connectivity index (χ3v) is 2.52. The molecular formula is C10H11BrN2O3. The van der Waals surface area contributed by atoms with E-state index in [2.05, 4.69) is 21.2 Å². The Bertz CT molecular complexity index is 432. The second-order valence-corrected chi connectivity index (χ2v) is 4.40. The van der Waals surface area contributed by atoms with Crippen molar-refractivity contribution in [3.8, 4) is 0 Å². The zero-order valence-corrected chi connectivity index (χ0v) is 10.4. The van der Waals surface area contributed by atoms with Gasteiger partial charge in [-0.2, -0.15) is 0 Å². The van der Waals surface area contributed by atoms with E-state index in [0.29, 0.717) is 4.47 Å². The molecule has 0 bridgehead atoms. The number of rotatable bonds is 3. The van der Waals surface area contributed by atoms with Crippen LogP contribution in [0.1, 0.15) is 24.2 Å². The van der Waals surface area contributed by atoms with Gasteiger partial charge in [0.25, 0.3) is 11.6 Å². The lowest BCUT2D eigenvalue weighted by molar-refractivity contribution is -0.384. The summed E-state index contributed by atoms with van der Waals surface area (Å²) in [6.07, 6.45) is 0. The Morgan fingerprint density at radius 2 is 2.12 bits per heavy atom. The van der Waals surface area contributed by atoms with E-state index in [-0.39, 0.29) is 23.2 Å². The van der Waals surface area contributed by atoms with Gasteiger partial charge in [-0.3, -0.25) is 14.9 Å². The van der Waals surface area contributed by atoms with Gasteiger partial charge < -0.3 is 5.32 Å². The first-order valence-electron chi connectivity index (χ1n) is 4.66. The Morgan fingerprint density at radius 1 is 1.50 bits per heavy atom. The Morgan fingerprint density at radius 3 is 2.62 bits per heavy atom. The van der Waals surface area contributed by atoms with E-state index >= 15 is 0 Å². The lowest BCUT2D eigenvalue weighted by Gasteiger charge is -2.09. The van der Waals surface area contributed by atoms with Crippen molar-refractivity contribution in [2.45, 2.75) is 19.9 Å². The van der Waals surface area contributed by atoms with Gasteiger partial charge in [-0.15, -0.1) is 0 Å². The molecule has 0 saturated heterocycles. The van der Waals surface area contributed by atoms with E-state index < -0.39 is 4.92 Å². The van der Waals surface area contributed by atoms with Crippen molar-refractivity contribution >= 4 is 27.5 Å². The average molecular weight is 287 g/mol. The van der Waals surface area contributed by atoms with E-state index in [1.807, 2.05) is 13.8 Å². The predicted octanol–water partition coefficient (Wildman–Crippen LogP) is 2.50. The van der Waals surface area contributed by atoms with Crippen LogP contribution in [0.3, 0.4) is 0 Å². The molecule has 0 aromatic heterocycles. The summed E-state index contributed by atoms with van der Waals surface area (Å²) in [5.41, 5.74) is 0.167. The molecule has 5 nitrogen and oxygen atoms in total. The SMILES string of the molecule is CC(C)NC(=O)c1cc([N+](=O)[O-])ccc1Br. The monoisotopic (exact) mass is 286 g/mol. The van der Waals surface area contributed by atoms with E-state index in [1.165, 1.54) is 18.2 Å². The van der Waals surface area contributed by atoms with Gasteiger partial charge in [0.15, 0.2) is 0 Å². The maximum Gasteiger partial charge on any atom is 0.270 e. The maximum absolute atomic E-state index is 11.7. The number of hydrogen-bond acceptors (Lipinski definition) is 3. The molecule has 0 unspecified atom stereocenters. The number of amides is 1. The Balaban J connectivity index is 3.07. The molecule has 1 amide bonds. The first-order chi connectivity index (χ1) is 7.41.